The van der Waals surface area contributed by atoms with Crippen LogP contribution < -0.4 is 4.74 Å². The first kappa shape index (κ1) is 10.2. The predicted molar refractivity (Wildman–Crippen MR) is 47.7 cm³/mol. The third kappa shape index (κ3) is 1.57. The molecule has 1 rings (SSSR count). The number of rotatable bonds is 2. The molecule has 1 aromatic carbocycles. The number of halogens is 1. The van der Waals surface area contributed by atoms with Crippen LogP contribution in [0.5, 0.6) is 5.75 Å². The second kappa shape index (κ2) is 3.88. The smallest absolute Gasteiger partial charge is 0.163 e. The van der Waals surface area contributed by atoms with Crippen LogP contribution in [0.3, 0.4) is 0 Å². The first-order chi connectivity index (χ1) is 6.61. The zero-order chi connectivity index (χ0) is 10.7. The van der Waals surface area contributed by atoms with Gasteiger partial charge >= 0.3 is 0 Å². The van der Waals surface area contributed by atoms with Gasteiger partial charge in [0.1, 0.15) is 23.2 Å². The van der Waals surface area contributed by atoms with Gasteiger partial charge in [-0.25, -0.2) is 4.39 Å². The van der Waals surface area contributed by atoms with E-state index in [-0.39, 0.29) is 22.7 Å². The highest BCUT2D eigenvalue weighted by atomic mass is 19.1. The van der Waals surface area contributed by atoms with E-state index in [4.69, 9.17) is 10.00 Å². The Bertz CT molecular complexity index is 421. The van der Waals surface area contributed by atoms with Crippen LogP contribution in [0.2, 0.25) is 0 Å². The molecule has 0 atom stereocenters. The summed E-state index contributed by atoms with van der Waals surface area (Å²) in [6, 6.07) is 4.04. The minimum atomic E-state index is -0.686. The maximum Gasteiger partial charge on any atom is 0.163 e. The van der Waals surface area contributed by atoms with E-state index in [1.807, 2.05) is 0 Å². The summed E-state index contributed by atoms with van der Waals surface area (Å²) in [5.41, 5.74) is -0.0225. The summed E-state index contributed by atoms with van der Waals surface area (Å²) < 4.78 is 17.9. The molecule has 3 nitrogen and oxygen atoms in total. The normalized spacial score (nSPS) is 9.29. The Labute approximate surface area is 80.7 Å². The van der Waals surface area contributed by atoms with Crippen molar-refractivity contribution in [1.82, 2.24) is 0 Å². The van der Waals surface area contributed by atoms with Gasteiger partial charge in [0.05, 0.1) is 12.7 Å². The molecule has 14 heavy (non-hydrogen) atoms. The summed E-state index contributed by atoms with van der Waals surface area (Å²) in [4.78, 5) is 11.1. The first-order valence-corrected chi connectivity index (χ1v) is 3.89. The fraction of sp³-hybridized carbons (Fsp3) is 0.200. The van der Waals surface area contributed by atoms with Crippen molar-refractivity contribution in [2.75, 3.05) is 7.11 Å². The molecule has 0 aliphatic heterocycles. The summed E-state index contributed by atoms with van der Waals surface area (Å²) in [5.74, 6) is -0.951. The number of ether oxygens (including phenoxy) is 1. The molecule has 0 fully saturated rings. The molecule has 1 aromatic rings. The fourth-order valence-electron chi connectivity index (χ4n) is 1.15. The average Bonchev–Trinajstić information content (AvgIpc) is 2.16. The zero-order valence-electron chi connectivity index (χ0n) is 7.80. The molecule has 0 saturated heterocycles. The van der Waals surface area contributed by atoms with Crippen molar-refractivity contribution in [3.8, 4) is 11.8 Å². The van der Waals surface area contributed by atoms with Crippen LogP contribution in [0, 0.1) is 17.1 Å². The third-order valence-corrected chi connectivity index (χ3v) is 1.80. The Kier molecular flexibility index (Phi) is 2.82. The van der Waals surface area contributed by atoms with Crippen LogP contribution in [-0.2, 0) is 0 Å². The number of benzene rings is 1. The molecule has 0 radical (unpaired) electrons. The van der Waals surface area contributed by atoms with Gasteiger partial charge in [0.2, 0.25) is 0 Å². The van der Waals surface area contributed by atoms with E-state index in [1.54, 1.807) is 6.07 Å². The lowest BCUT2D eigenvalue weighted by molar-refractivity contribution is 0.101. The highest BCUT2D eigenvalue weighted by Gasteiger charge is 2.16. The van der Waals surface area contributed by atoms with Crippen LogP contribution >= 0.6 is 0 Å². The van der Waals surface area contributed by atoms with E-state index in [9.17, 15) is 9.18 Å². The van der Waals surface area contributed by atoms with E-state index in [2.05, 4.69) is 0 Å². The highest BCUT2D eigenvalue weighted by molar-refractivity contribution is 5.97. The second-order valence-electron chi connectivity index (χ2n) is 2.67. The Hall–Kier alpha value is -1.89. The lowest BCUT2D eigenvalue weighted by atomic mass is 10.1. The highest BCUT2D eigenvalue weighted by Crippen LogP contribution is 2.25. The van der Waals surface area contributed by atoms with Crippen LogP contribution in [-0.4, -0.2) is 12.9 Å². The molecule has 0 unspecified atom stereocenters. The van der Waals surface area contributed by atoms with E-state index in [0.717, 1.165) is 6.07 Å². The quantitative estimate of drug-likeness (QED) is 0.674. The number of hydrogen-bond acceptors (Lipinski definition) is 3. The maximum atomic E-state index is 13.1. The first-order valence-electron chi connectivity index (χ1n) is 3.89. The van der Waals surface area contributed by atoms with Crippen molar-refractivity contribution in [3.05, 3.63) is 29.1 Å². The summed E-state index contributed by atoms with van der Waals surface area (Å²) in [6.45, 7) is 1.33. The van der Waals surface area contributed by atoms with E-state index >= 15 is 0 Å². The molecule has 72 valence electrons. The Morgan fingerprint density at radius 3 is 2.64 bits per heavy atom. The SMILES string of the molecule is COc1c(C(C)=O)ccc(F)c1C#N. The number of nitriles is 1. The molecule has 0 bridgehead atoms. The number of carbonyl (C=O) groups excluding carboxylic acids is 1. The maximum absolute atomic E-state index is 13.1. The molecule has 0 saturated carbocycles. The van der Waals surface area contributed by atoms with E-state index in [1.165, 1.54) is 20.1 Å². The van der Waals surface area contributed by atoms with Gasteiger partial charge in [-0.05, 0) is 19.1 Å². The molecular weight excluding hydrogens is 185 g/mol. The van der Waals surface area contributed by atoms with Crippen LogP contribution in [0.1, 0.15) is 22.8 Å². The Balaban J connectivity index is 3.50. The van der Waals surface area contributed by atoms with E-state index < -0.39 is 5.82 Å². The summed E-state index contributed by atoms with van der Waals surface area (Å²) in [7, 11) is 1.29. The van der Waals surface area contributed by atoms with E-state index in [0.29, 0.717) is 0 Å². The molecule has 0 aliphatic rings. The Morgan fingerprint density at radius 1 is 1.57 bits per heavy atom. The van der Waals surface area contributed by atoms with Gasteiger partial charge in [-0.2, -0.15) is 5.26 Å². The molecule has 0 aromatic heterocycles. The molecule has 0 spiro atoms. The van der Waals surface area contributed by atoms with Gasteiger partial charge in [0.25, 0.3) is 0 Å². The van der Waals surface area contributed by atoms with Crippen LogP contribution in [0.25, 0.3) is 0 Å². The summed E-state index contributed by atoms with van der Waals surface area (Å²) in [5, 5.41) is 8.66. The zero-order valence-corrected chi connectivity index (χ0v) is 7.80. The van der Waals surface area contributed by atoms with Crippen LogP contribution in [0.4, 0.5) is 4.39 Å². The number of hydrogen-bond donors (Lipinski definition) is 0. The van der Waals surface area contributed by atoms with Gasteiger partial charge in [-0.3, -0.25) is 4.79 Å². The van der Waals surface area contributed by atoms with Gasteiger partial charge in [-0.1, -0.05) is 0 Å². The largest absolute Gasteiger partial charge is 0.494 e. The van der Waals surface area contributed by atoms with Crippen LogP contribution in [0.15, 0.2) is 12.1 Å². The summed E-state index contributed by atoms with van der Waals surface area (Å²) >= 11 is 0. The van der Waals surface area contributed by atoms with Gasteiger partial charge in [0.15, 0.2) is 5.78 Å². The third-order valence-electron chi connectivity index (χ3n) is 1.80. The fourth-order valence-corrected chi connectivity index (χ4v) is 1.15. The second-order valence-corrected chi connectivity index (χ2v) is 2.67. The van der Waals surface area contributed by atoms with Crippen molar-refractivity contribution < 1.29 is 13.9 Å². The lowest BCUT2D eigenvalue weighted by Crippen LogP contribution is -2.01. The molecule has 4 heteroatoms. The molecule has 0 heterocycles. The topological polar surface area (TPSA) is 50.1 Å². The molecular formula is C10H8FNO2. The number of Topliss-reactive ketones (excluding diaryl/α,β-unsaturated/α-hetero) is 1. The number of ketones is 1. The standard InChI is InChI=1S/C10H8FNO2/c1-6(13)7-3-4-9(11)8(5-12)10(7)14-2/h3-4H,1-2H3. The minimum absolute atomic E-state index is 0.000000000000000222. The molecule has 0 aliphatic carbocycles. The van der Waals surface area contributed by atoms with Crippen molar-refractivity contribution >= 4 is 5.78 Å². The van der Waals surface area contributed by atoms with Gasteiger partial charge in [0, 0.05) is 0 Å². The molecule has 0 amide bonds. The average molecular weight is 193 g/mol. The van der Waals surface area contributed by atoms with Crippen molar-refractivity contribution in [3.63, 3.8) is 0 Å². The van der Waals surface area contributed by atoms with Gasteiger partial charge < -0.3 is 4.74 Å². The monoisotopic (exact) mass is 193 g/mol. The number of methoxy groups -OCH3 is 1. The van der Waals surface area contributed by atoms with Crippen molar-refractivity contribution in [2.45, 2.75) is 6.92 Å². The number of nitrogens with zero attached hydrogens (tertiary/aromatic N) is 1. The molecule has 0 N–H and O–H groups in total. The number of carbonyl (C=O) groups is 1. The summed E-state index contributed by atoms with van der Waals surface area (Å²) in [6.07, 6.45) is 0. The lowest BCUT2D eigenvalue weighted by Gasteiger charge is -2.07. The van der Waals surface area contributed by atoms with Crippen molar-refractivity contribution in [1.29, 1.82) is 5.26 Å². The minimum Gasteiger partial charge on any atom is -0.494 e. The predicted octanol–water partition coefficient (Wildman–Crippen LogP) is 1.91. The Morgan fingerprint density at radius 2 is 2.21 bits per heavy atom. The van der Waals surface area contributed by atoms with Crippen molar-refractivity contribution in [2.24, 2.45) is 0 Å². The van der Waals surface area contributed by atoms with Gasteiger partial charge in [-0.15, -0.1) is 0 Å².